The van der Waals surface area contributed by atoms with Crippen LogP contribution in [-0.2, 0) is 6.54 Å². The number of ether oxygens (including phenoxy) is 3. The molecule has 5 nitrogen and oxygen atoms in total. The van der Waals surface area contributed by atoms with Crippen molar-refractivity contribution in [3.8, 4) is 17.2 Å². The molecule has 2 aromatic carbocycles. The Balaban J connectivity index is 0.00000261. The normalized spacial score (nSPS) is 14.4. The number of hydrogen-bond donors (Lipinski definition) is 0. The van der Waals surface area contributed by atoms with Gasteiger partial charge in [-0.3, -0.25) is 4.90 Å². The van der Waals surface area contributed by atoms with Crippen molar-refractivity contribution in [2.45, 2.75) is 13.5 Å². The first-order chi connectivity index (χ1) is 12.6. The van der Waals surface area contributed by atoms with Gasteiger partial charge in [0.05, 0.1) is 21.3 Å². The first-order valence-corrected chi connectivity index (χ1v) is 8.97. The van der Waals surface area contributed by atoms with Gasteiger partial charge < -0.3 is 19.1 Å². The van der Waals surface area contributed by atoms with Crippen molar-refractivity contribution in [3.63, 3.8) is 0 Å². The lowest BCUT2D eigenvalue weighted by Crippen LogP contribution is -2.46. The van der Waals surface area contributed by atoms with Gasteiger partial charge in [0, 0.05) is 38.4 Å². The summed E-state index contributed by atoms with van der Waals surface area (Å²) in [5.74, 6) is 2.06. The Hall–Kier alpha value is -2.11. The molecular formula is C21H29ClN2O3. The lowest BCUT2D eigenvalue weighted by molar-refractivity contribution is 0.248. The van der Waals surface area contributed by atoms with E-state index in [4.69, 9.17) is 14.2 Å². The van der Waals surface area contributed by atoms with Crippen LogP contribution in [0.4, 0.5) is 5.69 Å². The van der Waals surface area contributed by atoms with E-state index < -0.39 is 0 Å². The van der Waals surface area contributed by atoms with Crippen LogP contribution in [0.5, 0.6) is 17.2 Å². The Kier molecular flexibility index (Phi) is 7.63. The Labute approximate surface area is 168 Å². The van der Waals surface area contributed by atoms with E-state index >= 15 is 0 Å². The molecule has 0 saturated carbocycles. The smallest absolute Gasteiger partial charge is 0.203 e. The summed E-state index contributed by atoms with van der Waals surface area (Å²) in [5, 5.41) is 0. The average molecular weight is 393 g/mol. The van der Waals surface area contributed by atoms with Crippen molar-refractivity contribution in [1.82, 2.24) is 4.90 Å². The number of hydrogen-bond acceptors (Lipinski definition) is 5. The number of halogens is 1. The number of nitrogens with zero attached hydrogens (tertiary/aromatic N) is 2. The Morgan fingerprint density at radius 3 is 2.00 bits per heavy atom. The van der Waals surface area contributed by atoms with Crippen molar-refractivity contribution in [2.75, 3.05) is 52.4 Å². The van der Waals surface area contributed by atoms with E-state index in [9.17, 15) is 0 Å². The summed E-state index contributed by atoms with van der Waals surface area (Å²) >= 11 is 0. The van der Waals surface area contributed by atoms with Gasteiger partial charge in [0.1, 0.15) is 0 Å². The molecule has 0 N–H and O–H groups in total. The van der Waals surface area contributed by atoms with Crippen LogP contribution < -0.4 is 19.1 Å². The molecule has 2 aromatic rings. The van der Waals surface area contributed by atoms with Crippen LogP contribution in [0.1, 0.15) is 11.1 Å². The number of aryl methyl sites for hydroxylation is 1. The predicted octanol–water partition coefficient (Wildman–Crippen LogP) is 3.76. The lowest BCUT2D eigenvalue weighted by Gasteiger charge is -2.36. The highest BCUT2D eigenvalue weighted by molar-refractivity contribution is 5.85. The highest BCUT2D eigenvalue weighted by Gasteiger charge is 2.19. The maximum absolute atomic E-state index is 5.46. The van der Waals surface area contributed by atoms with Crippen molar-refractivity contribution in [3.05, 3.63) is 47.5 Å². The van der Waals surface area contributed by atoms with Gasteiger partial charge in [-0.25, -0.2) is 0 Å². The number of benzene rings is 2. The first kappa shape index (κ1) is 21.2. The summed E-state index contributed by atoms with van der Waals surface area (Å²) in [7, 11) is 4.94. The third kappa shape index (κ3) is 4.99. The van der Waals surface area contributed by atoms with Crippen LogP contribution in [0.3, 0.4) is 0 Å². The second-order valence-electron chi connectivity index (χ2n) is 6.64. The highest BCUT2D eigenvalue weighted by atomic mass is 35.5. The molecule has 1 aliphatic heterocycles. The summed E-state index contributed by atoms with van der Waals surface area (Å²) in [5.41, 5.74) is 3.79. The van der Waals surface area contributed by atoms with E-state index in [0.29, 0.717) is 17.2 Å². The first-order valence-electron chi connectivity index (χ1n) is 8.97. The third-order valence-electron chi connectivity index (χ3n) is 4.87. The molecule has 0 spiro atoms. The van der Waals surface area contributed by atoms with Crippen molar-refractivity contribution in [2.24, 2.45) is 0 Å². The summed E-state index contributed by atoms with van der Waals surface area (Å²) in [6, 6.07) is 12.8. The van der Waals surface area contributed by atoms with Crippen LogP contribution in [0.2, 0.25) is 0 Å². The zero-order valence-corrected chi connectivity index (χ0v) is 17.3. The molecule has 6 heteroatoms. The fraction of sp³-hybridized carbons (Fsp3) is 0.429. The monoisotopic (exact) mass is 392 g/mol. The van der Waals surface area contributed by atoms with Gasteiger partial charge in [0.15, 0.2) is 11.5 Å². The van der Waals surface area contributed by atoms with E-state index in [-0.39, 0.29) is 12.4 Å². The Morgan fingerprint density at radius 2 is 1.48 bits per heavy atom. The van der Waals surface area contributed by atoms with Crippen LogP contribution >= 0.6 is 12.4 Å². The molecule has 0 unspecified atom stereocenters. The van der Waals surface area contributed by atoms with Gasteiger partial charge in [-0.05, 0) is 42.3 Å². The summed E-state index contributed by atoms with van der Waals surface area (Å²) in [4.78, 5) is 4.92. The molecule has 0 aliphatic carbocycles. The predicted molar refractivity (Wildman–Crippen MR) is 112 cm³/mol. The van der Waals surface area contributed by atoms with Gasteiger partial charge >= 0.3 is 0 Å². The molecule has 3 rings (SSSR count). The fourth-order valence-electron chi connectivity index (χ4n) is 3.47. The lowest BCUT2D eigenvalue weighted by atomic mass is 10.1. The number of anilines is 1. The number of methoxy groups -OCH3 is 3. The molecule has 1 heterocycles. The Morgan fingerprint density at radius 1 is 0.852 bits per heavy atom. The van der Waals surface area contributed by atoms with Crippen LogP contribution in [0.15, 0.2) is 36.4 Å². The number of rotatable bonds is 6. The average Bonchev–Trinajstić information content (AvgIpc) is 2.67. The second kappa shape index (κ2) is 9.72. The van der Waals surface area contributed by atoms with Crippen LogP contribution in [0.25, 0.3) is 0 Å². The topological polar surface area (TPSA) is 34.2 Å². The molecular weight excluding hydrogens is 364 g/mol. The van der Waals surface area contributed by atoms with E-state index in [0.717, 1.165) is 32.7 Å². The van der Waals surface area contributed by atoms with Crippen molar-refractivity contribution in [1.29, 1.82) is 0 Å². The minimum absolute atomic E-state index is 0. The van der Waals surface area contributed by atoms with Crippen LogP contribution in [-0.4, -0.2) is 52.4 Å². The molecule has 0 amide bonds. The van der Waals surface area contributed by atoms with Gasteiger partial charge in [0.2, 0.25) is 5.75 Å². The van der Waals surface area contributed by atoms with E-state index in [1.54, 1.807) is 21.3 Å². The van der Waals surface area contributed by atoms with Crippen molar-refractivity contribution >= 4 is 18.1 Å². The molecule has 1 aliphatic rings. The fourth-order valence-corrected chi connectivity index (χ4v) is 3.47. The molecule has 0 atom stereocenters. The molecule has 1 fully saturated rings. The molecule has 0 radical (unpaired) electrons. The third-order valence-corrected chi connectivity index (χ3v) is 4.87. The Bertz CT molecular complexity index is 721. The SMILES string of the molecule is COc1cc(CN2CCN(c3cccc(C)c3)CC2)cc(OC)c1OC.Cl. The van der Waals surface area contributed by atoms with Crippen LogP contribution in [0, 0.1) is 6.92 Å². The summed E-state index contributed by atoms with van der Waals surface area (Å²) in [6.07, 6.45) is 0. The van der Waals surface area contributed by atoms with E-state index in [1.807, 2.05) is 12.1 Å². The molecule has 0 bridgehead atoms. The molecule has 0 aromatic heterocycles. The maximum atomic E-state index is 5.46. The van der Waals surface area contributed by atoms with E-state index in [1.165, 1.54) is 16.8 Å². The van der Waals surface area contributed by atoms with Gasteiger partial charge in [-0.1, -0.05) is 12.1 Å². The number of piperazine rings is 1. The van der Waals surface area contributed by atoms with Gasteiger partial charge in [0.25, 0.3) is 0 Å². The van der Waals surface area contributed by atoms with Gasteiger partial charge in [-0.2, -0.15) is 0 Å². The van der Waals surface area contributed by atoms with E-state index in [2.05, 4.69) is 41.0 Å². The highest BCUT2D eigenvalue weighted by Crippen LogP contribution is 2.38. The van der Waals surface area contributed by atoms with Gasteiger partial charge in [-0.15, -0.1) is 12.4 Å². The summed E-state index contributed by atoms with van der Waals surface area (Å²) in [6.45, 7) is 7.15. The zero-order valence-electron chi connectivity index (χ0n) is 16.5. The minimum Gasteiger partial charge on any atom is -0.493 e. The largest absolute Gasteiger partial charge is 0.493 e. The standard InChI is InChI=1S/C21H28N2O3.ClH/c1-16-6-5-7-18(12-16)23-10-8-22(9-11-23)15-17-13-19(24-2)21(26-4)20(14-17)25-3;/h5-7,12-14H,8-11,15H2,1-4H3;1H. The minimum atomic E-state index is 0. The summed E-state index contributed by atoms with van der Waals surface area (Å²) < 4.78 is 16.3. The molecule has 1 saturated heterocycles. The maximum Gasteiger partial charge on any atom is 0.203 e. The van der Waals surface area contributed by atoms with Crippen molar-refractivity contribution < 1.29 is 14.2 Å². The quantitative estimate of drug-likeness (QED) is 0.747. The molecule has 27 heavy (non-hydrogen) atoms. The zero-order chi connectivity index (χ0) is 18.5. The molecule has 148 valence electrons. The second-order valence-corrected chi connectivity index (χ2v) is 6.64.